The summed E-state index contributed by atoms with van der Waals surface area (Å²) in [5.41, 5.74) is 7.76. The number of nitrogens with zero attached hydrogens (tertiary/aromatic N) is 3. The van der Waals surface area contributed by atoms with E-state index in [-0.39, 0.29) is 0 Å². The van der Waals surface area contributed by atoms with Gasteiger partial charge in [0.05, 0.1) is 16.6 Å². The largest absolute Gasteiger partial charge is 0.310 e. The Balaban J connectivity index is 1.39. The maximum Gasteiger partial charge on any atom is 0.0963 e. The Morgan fingerprint density at radius 1 is 0.513 bits per heavy atom. The Hall–Kier alpha value is -4.93. The normalized spacial score (nSPS) is 11.6. The average molecular weight is 518 g/mol. The van der Waals surface area contributed by atoms with Crippen molar-refractivity contribution >= 4 is 70.5 Å². The zero-order chi connectivity index (χ0) is 25.8. The summed E-state index contributed by atoms with van der Waals surface area (Å²) in [7, 11) is 0. The first kappa shape index (κ1) is 22.1. The van der Waals surface area contributed by atoms with Gasteiger partial charge >= 0.3 is 0 Å². The number of aromatic nitrogens is 2. The molecule has 184 valence electrons. The third-order valence-corrected chi connectivity index (χ3v) is 8.53. The molecule has 8 rings (SSSR count). The van der Waals surface area contributed by atoms with Crippen molar-refractivity contribution in [2.75, 3.05) is 4.90 Å². The van der Waals surface area contributed by atoms with Gasteiger partial charge in [-0.1, -0.05) is 60.7 Å². The lowest BCUT2D eigenvalue weighted by molar-refractivity contribution is 1.17. The van der Waals surface area contributed by atoms with E-state index in [1.54, 1.807) is 0 Å². The molecule has 0 spiro atoms. The smallest absolute Gasteiger partial charge is 0.0963 e. The van der Waals surface area contributed by atoms with Crippen molar-refractivity contribution in [3.8, 4) is 5.69 Å². The molecule has 0 fully saturated rings. The van der Waals surface area contributed by atoms with Crippen LogP contribution < -0.4 is 4.90 Å². The van der Waals surface area contributed by atoms with Crippen LogP contribution in [0.25, 0.3) is 47.8 Å². The summed E-state index contributed by atoms with van der Waals surface area (Å²) in [4.78, 5) is 7.16. The standard InChI is InChI=1S/C35H23N3S/c1-3-11-24(12-4-1)37(25-13-5-2-6-14-25)26-15-9-16-27(21-26)38-31-18-10-20-36-35(31)30-22-29-28-17-7-8-19-33(28)39-34(29)23-32(30)38/h1-23H. The molecule has 0 N–H and O–H groups in total. The van der Waals surface area contributed by atoms with Crippen LogP contribution in [0.15, 0.2) is 140 Å². The topological polar surface area (TPSA) is 21.1 Å². The van der Waals surface area contributed by atoms with Crippen LogP contribution in [0.1, 0.15) is 0 Å². The highest BCUT2D eigenvalue weighted by Gasteiger charge is 2.18. The summed E-state index contributed by atoms with van der Waals surface area (Å²) in [6, 6.07) is 47.4. The predicted molar refractivity (Wildman–Crippen MR) is 166 cm³/mol. The molecule has 0 radical (unpaired) electrons. The zero-order valence-electron chi connectivity index (χ0n) is 21.0. The molecule has 8 aromatic rings. The van der Waals surface area contributed by atoms with Gasteiger partial charge in [-0.05, 0) is 72.8 Å². The summed E-state index contributed by atoms with van der Waals surface area (Å²) >= 11 is 1.85. The van der Waals surface area contributed by atoms with Gasteiger partial charge in [-0.15, -0.1) is 11.3 Å². The molecule has 3 nitrogen and oxygen atoms in total. The molecule has 3 heterocycles. The molecule has 0 saturated heterocycles. The first-order valence-electron chi connectivity index (χ1n) is 13.1. The molecule has 0 atom stereocenters. The highest BCUT2D eigenvalue weighted by atomic mass is 32.1. The van der Waals surface area contributed by atoms with Crippen molar-refractivity contribution in [3.63, 3.8) is 0 Å². The SMILES string of the molecule is c1ccc(N(c2ccccc2)c2cccc(-n3c4cc5sc6ccccc6c5cc4c4ncccc43)c2)cc1. The second kappa shape index (κ2) is 8.83. The third-order valence-electron chi connectivity index (χ3n) is 7.39. The van der Waals surface area contributed by atoms with E-state index in [2.05, 4.69) is 137 Å². The molecule has 0 amide bonds. The maximum atomic E-state index is 4.85. The van der Waals surface area contributed by atoms with Crippen LogP contribution in [-0.4, -0.2) is 9.55 Å². The predicted octanol–water partition coefficient (Wildman–Crippen LogP) is 10.0. The van der Waals surface area contributed by atoms with Gasteiger partial charge in [-0.2, -0.15) is 0 Å². The first-order chi connectivity index (χ1) is 19.3. The summed E-state index contributed by atoms with van der Waals surface area (Å²) in [5, 5.41) is 3.77. The highest BCUT2D eigenvalue weighted by molar-refractivity contribution is 7.25. The Labute approximate surface area is 229 Å². The molecule has 0 unspecified atom stereocenters. The van der Waals surface area contributed by atoms with E-state index in [0.29, 0.717) is 0 Å². The van der Waals surface area contributed by atoms with Crippen LogP contribution in [0, 0.1) is 0 Å². The van der Waals surface area contributed by atoms with E-state index in [4.69, 9.17) is 4.98 Å². The van der Waals surface area contributed by atoms with Crippen LogP contribution >= 0.6 is 11.3 Å². The second-order valence-electron chi connectivity index (χ2n) is 9.70. The number of hydrogen-bond acceptors (Lipinski definition) is 3. The van der Waals surface area contributed by atoms with Crippen molar-refractivity contribution in [2.45, 2.75) is 0 Å². The molecular weight excluding hydrogens is 494 g/mol. The Morgan fingerprint density at radius 3 is 2.03 bits per heavy atom. The molecule has 0 aliphatic carbocycles. The summed E-state index contributed by atoms with van der Waals surface area (Å²) in [6.45, 7) is 0. The van der Waals surface area contributed by atoms with Crippen LogP contribution in [0.4, 0.5) is 17.1 Å². The number of anilines is 3. The zero-order valence-corrected chi connectivity index (χ0v) is 21.8. The quantitative estimate of drug-likeness (QED) is 0.232. The number of para-hydroxylation sites is 2. The van der Waals surface area contributed by atoms with Gasteiger partial charge in [0, 0.05) is 54.5 Å². The van der Waals surface area contributed by atoms with Gasteiger partial charge in [-0.3, -0.25) is 4.98 Å². The number of rotatable bonds is 4. The molecule has 0 saturated carbocycles. The lowest BCUT2D eigenvalue weighted by atomic mass is 10.1. The van der Waals surface area contributed by atoms with Gasteiger partial charge in [0.2, 0.25) is 0 Å². The summed E-state index contributed by atoms with van der Waals surface area (Å²) < 4.78 is 4.96. The fourth-order valence-corrected chi connectivity index (χ4v) is 6.82. The van der Waals surface area contributed by atoms with Crippen LogP contribution in [0.5, 0.6) is 0 Å². The van der Waals surface area contributed by atoms with Crippen LogP contribution in [0.3, 0.4) is 0 Å². The van der Waals surface area contributed by atoms with Gasteiger partial charge < -0.3 is 9.47 Å². The van der Waals surface area contributed by atoms with E-state index in [0.717, 1.165) is 33.8 Å². The molecule has 39 heavy (non-hydrogen) atoms. The first-order valence-corrected chi connectivity index (χ1v) is 13.9. The Morgan fingerprint density at radius 2 is 1.23 bits per heavy atom. The van der Waals surface area contributed by atoms with Crippen molar-refractivity contribution in [1.29, 1.82) is 0 Å². The van der Waals surface area contributed by atoms with E-state index in [1.807, 2.05) is 23.6 Å². The average Bonchev–Trinajstić information content (AvgIpc) is 3.52. The van der Waals surface area contributed by atoms with E-state index >= 15 is 0 Å². The van der Waals surface area contributed by atoms with Crippen LogP contribution in [0.2, 0.25) is 0 Å². The van der Waals surface area contributed by atoms with Crippen molar-refractivity contribution in [1.82, 2.24) is 9.55 Å². The number of thiophene rings is 1. The molecule has 3 aromatic heterocycles. The van der Waals surface area contributed by atoms with Crippen molar-refractivity contribution in [3.05, 3.63) is 140 Å². The molecule has 5 aromatic carbocycles. The van der Waals surface area contributed by atoms with Crippen molar-refractivity contribution < 1.29 is 0 Å². The fraction of sp³-hybridized carbons (Fsp3) is 0. The van der Waals surface area contributed by atoms with E-state index < -0.39 is 0 Å². The third kappa shape index (κ3) is 3.53. The summed E-state index contributed by atoms with van der Waals surface area (Å²) in [6.07, 6.45) is 1.89. The van der Waals surface area contributed by atoms with Crippen molar-refractivity contribution in [2.24, 2.45) is 0 Å². The van der Waals surface area contributed by atoms with E-state index in [1.165, 1.54) is 31.1 Å². The molecule has 0 bridgehead atoms. The number of fused-ring (bicyclic) bond motifs is 6. The van der Waals surface area contributed by atoms with Crippen LogP contribution in [-0.2, 0) is 0 Å². The van der Waals surface area contributed by atoms with Gasteiger partial charge in [-0.25, -0.2) is 0 Å². The summed E-state index contributed by atoms with van der Waals surface area (Å²) in [5.74, 6) is 0. The van der Waals surface area contributed by atoms with Gasteiger partial charge in [0.15, 0.2) is 0 Å². The van der Waals surface area contributed by atoms with E-state index in [9.17, 15) is 0 Å². The molecular formula is C35H23N3S. The highest BCUT2D eigenvalue weighted by Crippen LogP contribution is 2.41. The fourth-order valence-electron chi connectivity index (χ4n) is 5.70. The molecule has 0 aliphatic rings. The molecule has 0 aliphatic heterocycles. The monoisotopic (exact) mass is 517 g/mol. The molecule has 4 heteroatoms. The number of pyridine rings is 1. The minimum absolute atomic E-state index is 1.03. The minimum Gasteiger partial charge on any atom is -0.310 e. The van der Waals surface area contributed by atoms with Gasteiger partial charge in [0.25, 0.3) is 0 Å². The lowest BCUT2D eigenvalue weighted by Gasteiger charge is -2.26. The van der Waals surface area contributed by atoms with Gasteiger partial charge in [0.1, 0.15) is 0 Å². The maximum absolute atomic E-state index is 4.85. The minimum atomic E-state index is 1.03. The lowest BCUT2D eigenvalue weighted by Crippen LogP contribution is -2.10. The second-order valence-corrected chi connectivity index (χ2v) is 10.8. The Kier molecular flexibility index (Phi) is 5.00. The Bertz CT molecular complexity index is 2090. The number of benzene rings is 5. The number of hydrogen-bond donors (Lipinski definition) is 0.